The van der Waals surface area contributed by atoms with Crippen LogP contribution in [0.3, 0.4) is 0 Å². The lowest BCUT2D eigenvalue weighted by atomic mass is 10.2. The van der Waals surface area contributed by atoms with Gasteiger partial charge in [-0.3, -0.25) is 4.57 Å². The van der Waals surface area contributed by atoms with Gasteiger partial charge in [0.2, 0.25) is 0 Å². The summed E-state index contributed by atoms with van der Waals surface area (Å²) < 4.78 is 12.0. The second kappa shape index (κ2) is 4.77. The van der Waals surface area contributed by atoms with E-state index in [1.165, 1.54) is 0 Å². The molecule has 2 N–H and O–H groups in total. The van der Waals surface area contributed by atoms with Crippen molar-refractivity contribution in [3.8, 4) is 5.75 Å². The smallest absolute Gasteiger partial charge is 0.420 e. The second-order valence-electron chi connectivity index (χ2n) is 4.53. The van der Waals surface area contributed by atoms with Crippen LogP contribution in [-0.4, -0.2) is 11.7 Å². The third kappa shape index (κ3) is 2.14. The predicted molar refractivity (Wildman–Crippen MR) is 77.0 cm³/mol. The Bertz CT molecular complexity index is 817. The molecule has 1 aromatic heterocycles. The van der Waals surface area contributed by atoms with Gasteiger partial charge in [0.25, 0.3) is 0 Å². The Morgan fingerprint density at radius 2 is 2.10 bits per heavy atom. The molecule has 20 heavy (non-hydrogen) atoms. The van der Waals surface area contributed by atoms with Gasteiger partial charge < -0.3 is 14.9 Å². The van der Waals surface area contributed by atoms with Gasteiger partial charge in [0.15, 0.2) is 5.58 Å². The van der Waals surface area contributed by atoms with Crippen LogP contribution < -0.4 is 16.2 Å². The van der Waals surface area contributed by atoms with E-state index < -0.39 is 5.76 Å². The Labute approximate surface area is 115 Å². The molecule has 3 rings (SSSR count). The summed E-state index contributed by atoms with van der Waals surface area (Å²) >= 11 is 0. The summed E-state index contributed by atoms with van der Waals surface area (Å²) in [5.41, 5.74) is 8.45. The molecule has 5 nitrogen and oxygen atoms in total. The number of nitrogen functional groups attached to an aromatic ring is 1. The summed E-state index contributed by atoms with van der Waals surface area (Å²) in [5, 5.41) is 0. The summed E-state index contributed by atoms with van der Waals surface area (Å²) in [6, 6.07) is 12.8. The number of nitrogens with two attached hydrogens (primary N) is 1. The third-order valence-corrected chi connectivity index (χ3v) is 3.17. The maximum absolute atomic E-state index is 11.9. The Morgan fingerprint density at radius 1 is 1.25 bits per heavy atom. The number of fused-ring (bicyclic) bond motifs is 1. The van der Waals surface area contributed by atoms with Gasteiger partial charge in [-0.2, -0.15) is 0 Å². The number of anilines is 1. The minimum Gasteiger partial charge on any atom is -0.497 e. The van der Waals surface area contributed by atoms with Gasteiger partial charge in [-0.1, -0.05) is 12.1 Å². The van der Waals surface area contributed by atoms with Crippen molar-refractivity contribution in [2.45, 2.75) is 6.54 Å². The van der Waals surface area contributed by atoms with Crippen LogP contribution in [0.4, 0.5) is 5.69 Å². The molecule has 2 aromatic carbocycles. The molecule has 0 aliphatic rings. The number of benzene rings is 2. The summed E-state index contributed by atoms with van der Waals surface area (Å²) in [4.78, 5) is 11.9. The highest BCUT2D eigenvalue weighted by Crippen LogP contribution is 2.19. The maximum atomic E-state index is 11.9. The molecule has 0 unspecified atom stereocenters. The van der Waals surface area contributed by atoms with Crippen LogP contribution in [-0.2, 0) is 6.54 Å². The fourth-order valence-corrected chi connectivity index (χ4v) is 2.19. The Hall–Kier alpha value is -2.69. The first-order chi connectivity index (χ1) is 9.67. The summed E-state index contributed by atoms with van der Waals surface area (Å²) in [7, 11) is 1.61. The van der Waals surface area contributed by atoms with E-state index in [2.05, 4.69) is 0 Å². The van der Waals surface area contributed by atoms with E-state index >= 15 is 0 Å². The highest BCUT2D eigenvalue weighted by molar-refractivity contribution is 5.76. The molecule has 0 fully saturated rings. The minimum atomic E-state index is -0.395. The number of rotatable bonds is 3. The number of ether oxygens (including phenoxy) is 1. The van der Waals surface area contributed by atoms with Crippen molar-refractivity contribution in [3.05, 3.63) is 58.6 Å². The molecule has 1 heterocycles. The molecule has 0 bridgehead atoms. The summed E-state index contributed by atoms with van der Waals surface area (Å²) in [6.45, 7) is 0.424. The number of hydrogen-bond acceptors (Lipinski definition) is 4. The highest BCUT2D eigenvalue weighted by atomic mass is 16.5. The van der Waals surface area contributed by atoms with Crippen molar-refractivity contribution in [1.29, 1.82) is 0 Å². The first-order valence-corrected chi connectivity index (χ1v) is 6.19. The molecule has 5 heteroatoms. The predicted octanol–water partition coefficient (Wildman–Crippen LogP) is 2.23. The Morgan fingerprint density at radius 3 is 2.90 bits per heavy atom. The van der Waals surface area contributed by atoms with E-state index in [4.69, 9.17) is 14.9 Å². The Balaban J connectivity index is 2.06. The monoisotopic (exact) mass is 270 g/mol. The normalized spacial score (nSPS) is 10.8. The van der Waals surface area contributed by atoms with E-state index in [1.54, 1.807) is 29.9 Å². The quantitative estimate of drug-likeness (QED) is 0.741. The summed E-state index contributed by atoms with van der Waals surface area (Å²) in [5.74, 6) is 0.362. The first kappa shape index (κ1) is 12.3. The molecule has 0 atom stereocenters. The average Bonchev–Trinajstić information content (AvgIpc) is 2.74. The molecular weight excluding hydrogens is 256 g/mol. The van der Waals surface area contributed by atoms with Crippen LogP contribution in [0.1, 0.15) is 5.56 Å². The van der Waals surface area contributed by atoms with Gasteiger partial charge in [-0.25, -0.2) is 4.79 Å². The van der Waals surface area contributed by atoms with Crippen molar-refractivity contribution >= 4 is 16.8 Å². The number of oxazole rings is 1. The van der Waals surface area contributed by atoms with Crippen LogP contribution in [0.5, 0.6) is 5.75 Å². The van der Waals surface area contributed by atoms with Gasteiger partial charge >= 0.3 is 5.76 Å². The van der Waals surface area contributed by atoms with Crippen molar-refractivity contribution in [1.82, 2.24) is 4.57 Å². The molecular formula is C15H14N2O3. The zero-order valence-electron chi connectivity index (χ0n) is 11.0. The molecule has 0 aliphatic heterocycles. The highest BCUT2D eigenvalue weighted by Gasteiger charge is 2.10. The fraction of sp³-hybridized carbons (Fsp3) is 0.133. The lowest BCUT2D eigenvalue weighted by Crippen LogP contribution is -2.14. The molecule has 0 radical (unpaired) electrons. The zero-order chi connectivity index (χ0) is 14.1. The van der Waals surface area contributed by atoms with Crippen molar-refractivity contribution in [3.63, 3.8) is 0 Å². The Kier molecular flexibility index (Phi) is 2.95. The van der Waals surface area contributed by atoms with Crippen molar-refractivity contribution in [2.24, 2.45) is 0 Å². The number of methoxy groups -OCH3 is 1. The lowest BCUT2D eigenvalue weighted by Gasteiger charge is -2.05. The third-order valence-electron chi connectivity index (χ3n) is 3.17. The summed E-state index contributed by atoms with van der Waals surface area (Å²) in [6.07, 6.45) is 0. The lowest BCUT2D eigenvalue weighted by molar-refractivity contribution is 0.414. The fourth-order valence-electron chi connectivity index (χ4n) is 2.19. The van der Waals surface area contributed by atoms with Gasteiger partial charge in [0.05, 0.1) is 19.2 Å². The van der Waals surface area contributed by atoms with Crippen molar-refractivity contribution < 1.29 is 9.15 Å². The standard InChI is InChI=1S/C15H14N2O3/c1-19-12-4-2-3-10(7-12)9-17-13-6-5-11(16)8-14(13)20-15(17)18/h2-8H,9,16H2,1H3. The van der Waals surface area contributed by atoms with Gasteiger partial charge in [-0.05, 0) is 29.8 Å². The van der Waals surface area contributed by atoms with Crippen LogP contribution in [0.25, 0.3) is 11.1 Å². The van der Waals surface area contributed by atoms with Crippen LogP contribution in [0.2, 0.25) is 0 Å². The molecule has 0 spiro atoms. The number of nitrogens with zero attached hydrogens (tertiary/aromatic N) is 1. The number of hydrogen-bond donors (Lipinski definition) is 1. The average molecular weight is 270 g/mol. The van der Waals surface area contributed by atoms with E-state index in [9.17, 15) is 4.79 Å². The maximum Gasteiger partial charge on any atom is 0.420 e. The molecule has 0 amide bonds. The SMILES string of the molecule is COc1cccc(Cn2c(=O)oc3cc(N)ccc32)c1. The zero-order valence-corrected chi connectivity index (χ0v) is 11.0. The van der Waals surface area contributed by atoms with Gasteiger partial charge in [0, 0.05) is 11.8 Å². The molecule has 0 saturated heterocycles. The van der Waals surface area contributed by atoms with Gasteiger partial charge in [-0.15, -0.1) is 0 Å². The van der Waals surface area contributed by atoms with E-state index in [-0.39, 0.29) is 0 Å². The van der Waals surface area contributed by atoms with E-state index in [0.29, 0.717) is 17.8 Å². The number of aromatic nitrogens is 1. The largest absolute Gasteiger partial charge is 0.497 e. The second-order valence-corrected chi connectivity index (χ2v) is 4.53. The molecule has 102 valence electrons. The molecule has 0 saturated carbocycles. The van der Waals surface area contributed by atoms with Crippen LogP contribution in [0, 0.1) is 0 Å². The van der Waals surface area contributed by atoms with Crippen molar-refractivity contribution in [2.75, 3.05) is 12.8 Å². The van der Waals surface area contributed by atoms with Crippen LogP contribution in [0.15, 0.2) is 51.7 Å². The van der Waals surface area contributed by atoms with Gasteiger partial charge in [0.1, 0.15) is 5.75 Å². The molecule has 3 aromatic rings. The molecule has 0 aliphatic carbocycles. The minimum absolute atomic E-state index is 0.395. The van der Waals surface area contributed by atoms with E-state index in [0.717, 1.165) is 16.8 Å². The van der Waals surface area contributed by atoms with Crippen LogP contribution >= 0.6 is 0 Å². The van der Waals surface area contributed by atoms with E-state index in [1.807, 2.05) is 24.3 Å². The first-order valence-electron chi connectivity index (χ1n) is 6.19. The topological polar surface area (TPSA) is 70.4 Å².